The standard InChI is InChI=1S/C19H19BrN4O4/c20-15-3-6-17(21-12-15)22-19(26)14-7-9-23(10-8-14)18(25)11-13-1-4-16(5-2-13)24(27)28/h1-6,12,14H,7-11H2,(H,21,22,26). The number of hydrogen-bond acceptors (Lipinski definition) is 5. The molecule has 28 heavy (non-hydrogen) atoms. The summed E-state index contributed by atoms with van der Waals surface area (Å²) in [5.41, 5.74) is 0.736. The molecule has 0 radical (unpaired) electrons. The summed E-state index contributed by atoms with van der Waals surface area (Å²) in [6, 6.07) is 9.53. The Morgan fingerprint density at radius 1 is 1.18 bits per heavy atom. The van der Waals surface area contributed by atoms with E-state index in [1.165, 1.54) is 12.1 Å². The molecule has 1 aromatic carbocycles. The Kier molecular flexibility index (Phi) is 6.35. The number of aromatic nitrogens is 1. The minimum absolute atomic E-state index is 0.00305. The predicted molar refractivity (Wildman–Crippen MR) is 107 cm³/mol. The molecule has 1 aliphatic heterocycles. The number of likely N-dealkylation sites (tertiary alicyclic amines) is 1. The van der Waals surface area contributed by atoms with Gasteiger partial charge in [-0.3, -0.25) is 19.7 Å². The molecule has 0 atom stereocenters. The fraction of sp³-hybridized carbons (Fsp3) is 0.316. The number of rotatable bonds is 5. The van der Waals surface area contributed by atoms with Crippen molar-refractivity contribution in [1.29, 1.82) is 0 Å². The first-order valence-electron chi connectivity index (χ1n) is 8.86. The number of hydrogen-bond donors (Lipinski definition) is 1. The molecule has 1 saturated heterocycles. The maximum atomic E-state index is 12.5. The van der Waals surface area contributed by atoms with Gasteiger partial charge in [0, 0.05) is 41.8 Å². The summed E-state index contributed by atoms with van der Waals surface area (Å²) >= 11 is 3.30. The van der Waals surface area contributed by atoms with Gasteiger partial charge >= 0.3 is 0 Å². The number of non-ortho nitro benzene ring substituents is 1. The van der Waals surface area contributed by atoms with Gasteiger partial charge in [0.25, 0.3) is 5.69 Å². The van der Waals surface area contributed by atoms with Crippen molar-refractivity contribution < 1.29 is 14.5 Å². The number of halogens is 1. The summed E-state index contributed by atoms with van der Waals surface area (Å²) in [6.07, 6.45) is 3.00. The van der Waals surface area contributed by atoms with E-state index in [4.69, 9.17) is 0 Å². The van der Waals surface area contributed by atoms with Gasteiger partial charge in [0.1, 0.15) is 5.82 Å². The molecule has 2 aromatic rings. The summed E-state index contributed by atoms with van der Waals surface area (Å²) in [7, 11) is 0. The second-order valence-electron chi connectivity index (χ2n) is 6.61. The maximum Gasteiger partial charge on any atom is 0.269 e. The van der Waals surface area contributed by atoms with Gasteiger partial charge < -0.3 is 10.2 Å². The molecule has 0 saturated carbocycles. The molecule has 0 bridgehead atoms. The van der Waals surface area contributed by atoms with Crippen molar-refractivity contribution in [3.63, 3.8) is 0 Å². The molecule has 0 spiro atoms. The molecule has 2 amide bonds. The van der Waals surface area contributed by atoms with E-state index < -0.39 is 4.92 Å². The van der Waals surface area contributed by atoms with Crippen LogP contribution in [0, 0.1) is 16.0 Å². The van der Waals surface area contributed by atoms with Crippen molar-refractivity contribution in [2.45, 2.75) is 19.3 Å². The van der Waals surface area contributed by atoms with E-state index in [9.17, 15) is 19.7 Å². The molecular formula is C19H19BrN4O4. The number of nitrogens with zero attached hydrogens (tertiary/aromatic N) is 3. The topological polar surface area (TPSA) is 105 Å². The number of benzene rings is 1. The smallest absolute Gasteiger partial charge is 0.269 e. The van der Waals surface area contributed by atoms with Crippen LogP contribution in [0.5, 0.6) is 0 Å². The second kappa shape index (κ2) is 8.92. The average molecular weight is 447 g/mol. The Labute approximate surface area is 170 Å². The van der Waals surface area contributed by atoms with Gasteiger partial charge in [-0.1, -0.05) is 12.1 Å². The zero-order valence-electron chi connectivity index (χ0n) is 15.0. The number of pyridine rings is 1. The fourth-order valence-electron chi connectivity index (χ4n) is 3.09. The van der Waals surface area contributed by atoms with Crippen LogP contribution >= 0.6 is 15.9 Å². The molecule has 146 valence electrons. The first-order chi connectivity index (χ1) is 13.4. The van der Waals surface area contributed by atoms with E-state index in [1.807, 2.05) is 6.07 Å². The highest BCUT2D eigenvalue weighted by atomic mass is 79.9. The number of amides is 2. The van der Waals surface area contributed by atoms with E-state index >= 15 is 0 Å². The summed E-state index contributed by atoms with van der Waals surface area (Å²) in [6.45, 7) is 1.02. The molecule has 9 heteroatoms. The first-order valence-corrected chi connectivity index (χ1v) is 9.65. The summed E-state index contributed by atoms with van der Waals surface area (Å²) in [5.74, 6) is 0.221. The third kappa shape index (κ3) is 5.13. The Morgan fingerprint density at radius 2 is 1.86 bits per heavy atom. The van der Waals surface area contributed by atoms with E-state index in [-0.39, 0.29) is 29.8 Å². The molecule has 1 fully saturated rings. The lowest BCUT2D eigenvalue weighted by atomic mass is 9.95. The fourth-order valence-corrected chi connectivity index (χ4v) is 3.33. The Morgan fingerprint density at radius 3 is 2.43 bits per heavy atom. The molecule has 0 unspecified atom stereocenters. The van der Waals surface area contributed by atoms with Crippen LogP contribution in [0.4, 0.5) is 11.5 Å². The Hall–Kier alpha value is -2.81. The summed E-state index contributed by atoms with van der Waals surface area (Å²) in [5, 5.41) is 13.5. The zero-order chi connectivity index (χ0) is 20.1. The first kappa shape index (κ1) is 19.9. The number of carbonyl (C=O) groups excluding carboxylic acids is 2. The molecule has 1 N–H and O–H groups in total. The van der Waals surface area contributed by atoms with E-state index in [2.05, 4.69) is 26.2 Å². The molecule has 0 aliphatic carbocycles. The second-order valence-corrected chi connectivity index (χ2v) is 7.52. The number of nitro groups is 1. The number of nitro benzene ring substituents is 1. The molecule has 1 aromatic heterocycles. The summed E-state index contributed by atoms with van der Waals surface area (Å²) in [4.78, 5) is 40.9. The minimum Gasteiger partial charge on any atom is -0.342 e. The van der Waals surface area contributed by atoms with E-state index in [1.54, 1.807) is 29.3 Å². The van der Waals surface area contributed by atoms with Crippen molar-refractivity contribution in [3.8, 4) is 0 Å². The van der Waals surface area contributed by atoms with Crippen LogP contribution in [0.1, 0.15) is 18.4 Å². The Bertz CT molecular complexity index is 863. The highest BCUT2D eigenvalue weighted by Gasteiger charge is 2.27. The lowest BCUT2D eigenvalue weighted by Crippen LogP contribution is -2.42. The molecule has 8 nitrogen and oxygen atoms in total. The lowest BCUT2D eigenvalue weighted by molar-refractivity contribution is -0.384. The molecule has 2 heterocycles. The summed E-state index contributed by atoms with van der Waals surface area (Å²) < 4.78 is 0.838. The van der Waals surface area contributed by atoms with Crippen LogP contribution in [-0.2, 0) is 16.0 Å². The number of anilines is 1. The molecule has 3 rings (SSSR count). The highest BCUT2D eigenvalue weighted by molar-refractivity contribution is 9.10. The zero-order valence-corrected chi connectivity index (χ0v) is 16.6. The van der Waals surface area contributed by atoms with Crippen molar-refractivity contribution in [1.82, 2.24) is 9.88 Å². The molecular weight excluding hydrogens is 428 g/mol. The van der Waals surface area contributed by atoms with Gasteiger partial charge in [-0.25, -0.2) is 4.98 Å². The van der Waals surface area contributed by atoms with Crippen molar-refractivity contribution in [2.75, 3.05) is 18.4 Å². The lowest BCUT2D eigenvalue weighted by Gasteiger charge is -2.31. The van der Waals surface area contributed by atoms with Gasteiger partial charge in [-0.2, -0.15) is 0 Å². The highest BCUT2D eigenvalue weighted by Crippen LogP contribution is 2.21. The van der Waals surface area contributed by atoms with Gasteiger partial charge in [0.2, 0.25) is 11.8 Å². The number of piperidine rings is 1. The third-order valence-corrected chi connectivity index (χ3v) is 5.17. The SMILES string of the molecule is O=C(Nc1ccc(Br)cn1)C1CCN(C(=O)Cc2ccc([N+](=O)[O-])cc2)CC1. The number of nitrogens with one attached hydrogen (secondary N) is 1. The van der Waals surface area contributed by atoms with E-state index in [0.29, 0.717) is 31.7 Å². The third-order valence-electron chi connectivity index (χ3n) is 4.70. The van der Waals surface area contributed by atoms with Gasteiger partial charge in [-0.15, -0.1) is 0 Å². The number of carbonyl (C=O) groups is 2. The predicted octanol–water partition coefficient (Wildman–Crippen LogP) is 3.17. The largest absolute Gasteiger partial charge is 0.342 e. The van der Waals surface area contributed by atoms with Crippen LogP contribution < -0.4 is 5.32 Å². The monoisotopic (exact) mass is 446 g/mol. The average Bonchev–Trinajstić information content (AvgIpc) is 2.70. The maximum absolute atomic E-state index is 12.5. The van der Waals surface area contributed by atoms with E-state index in [0.717, 1.165) is 10.0 Å². The van der Waals surface area contributed by atoms with Gasteiger partial charge in [-0.05, 0) is 46.5 Å². The van der Waals surface area contributed by atoms with Crippen LogP contribution in [0.15, 0.2) is 47.1 Å². The minimum atomic E-state index is -0.467. The van der Waals surface area contributed by atoms with Gasteiger partial charge in [0.05, 0.1) is 11.3 Å². The molecule has 1 aliphatic rings. The van der Waals surface area contributed by atoms with Crippen LogP contribution in [0.25, 0.3) is 0 Å². The van der Waals surface area contributed by atoms with Crippen LogP contribution in [-0.4, -0.2) is 39.7 Å². The van der Waals surface area contributed by atoms with Gasteiger partial charge in [0.15, 0.2) is 0 Å². The quantitative estimate of drug-likeness (QED) is 0.560. The van der Waals surface area contributed by atoms with Crippen LogP contribution in [0.3, 0.4) is 0 Å². The van der Waals surface area contributed by atoms with Crippen molar-refractivity contribution in [3.05, 3.63) is 62.7 Å². The van der Waals surface area contributed by atoms with Crippen molar-refractivity contribution in [2.24, 2.45) is 5.92 Å². The van der Waals surface area contributed by atoms with Crippen LogP contribution in [0.2, 0.25) is 0 Å². The normalized spacial score (nSPS) is 14.5. The van der Waals surface area contributed by atoms with Crippen molar-refractivity contribution >= 4 is 39.2 Å². The Balaban J connectivity index is 1.48.